The van der Waals surface area contributed by atoms with Gasteiger partial charge in [-0.05, 0) is 18.6 Å². The number of aryl methyl sites for hydroxylation is 1. The van der Waals surface area contributed by atoms with Crippen LogP contribution in [0.1, 0.15) is 18.7 Å². The Hall–Kier alpha value is -1.69. The van der Waals surface area contributed by atoms with Crippen LogP contribution in [-0.4, -0.2) is 30.9 Å². The van der Waals surface area contributed by atoms with Gasteiger partial charge >= 0.3 is 5.97 Å². The third-order valence-electron chi connectivity index (χ3n) is 2.09. The zero-order valence-corrected chi connectivity index (χ0v) is 9.05. The van der Waals surface area contributed by atoms with Crippen molar-refractivity contribution in [3.8, 4) is 0 Å². The van der Waals surface area contributed by atoms with Crippen molar-refractivity contribution < 1.29 is 9.90 Å². The first kappa shape index (κ1) is 10.8. The summed E-state index contributed by atoms with van der Waals surface area (Å²) in [5.74, 6) is -0.196. The van der Waals surface area contributed by atoms with Crippen LogP contribution >= 0.6 is 11.6 Å². The monoisotopic (exact) mass is 240 g/mol. The molecule has 0 saturated carbocycles. The summed E-state index contributed by atoms with van der Waals surface area (Å²) in [5.41, 5.74) is 0.606. The van der Waals surface area contributed by atoms with Crippen LogP contribution in [0, 0.1) is 0 Å². The number of fused-ring (bicyclic) bond motifs is 1. The minimum Gasteiger partial charge on any atom is -0.481 e. The lowest BCUT2D eigenvalue weighted by molar-refractivity contribution is -0.137. The molecule has 0 atom stereocenters. The predicted octanol–water partition coefficient (Wildman–Crippen LogP) is 1.18. The van der Waals surface area contributed by atoms with Crippen LogP contribution in [0.3, 0.4) is 0 Å². The largest absolute Gasteiger partial charge is 0.481 e. The van der Waals surface area contributed by atoms with Crippen LogP contribution in [0.25, 0.3) is 5.65 Å². The lowest BCUT2D eigenvalue weighted by Crippen LogP contribution is -2.01. The second-order valence-electron chi connectivity index (χ2n) is 3.29. The minimum atomic E-state index is -0.820. The van der Waals surface area contributed by atoms with E-state index in [-0.39, 0.29) is 6.42 Å². The van der Waals surface area contributed by atoms with E-state index in [1.807, 2.05) is 0 Å². The molecule has 16 heavy (non-hydrogen) atoms. The number of carboxylic acid groups (broad SMARTS) is 1. The Labute approximate surface area is 95.9 Å². The van der Waals surface area contributed by atoms with Crippen molar-refractivity contribution in [3.63, 3.8) is 0 Å². The highest BCUT2D eigenvalue weighted by atomic mass is 35.5. The molecule has 0 aliphatic carbocycles. The molecule has 1 N–H and O–H groups in total. The van der Waals surface area contributed by atoms with Crippen LogP contribution < -0.4 is 0 Å². The van der Waals surface area contributed by atoms with Crippen molar-refractivity contribution in [1.82, 2.24) is 19.8 Å². The molecule has 7 heteroatoms. The third kappa shape index (κ3) is 2.27. The summed E-state index contributed by atoms with van der Waals surface area (Å²) in [6.45, 7) is 0. The first-order valence-electron chi connectivity index (χ1n) is 4.75. The van der Waals surface area contributed by atoms with Gasteiger partial charge in [0.05, 0.1) is 0 Å². The van der Waals surface area contributed by atoms with Gasteiger partial charge in [-0.1, -0.05) is 11.6 Å². The highest BCUT2D eigenvalue weighted by Gasteiger charge is 2.07. The number of halogens is 1. The smallest absolute Gasteiger partial charge is 0.303 e. The van der Waals surface area contributed by atoms with Gasteiger partial charge in [0.15, 0.2) is 11.5 Å². The first-order valence-corrected chi connectivity index (χ1v) is 5.13. The molecule has 0 amide bonds. The highest BCUT2D eigenvalue weighted by Crippen LogP contribution is 2.09. The molecule has 2 heterocycles. The Morgan fingerprint density at radius 1 is 1.44 bits per heavy atom. The van der Waals surface area contributed by atoms with Crippen molar-refractivity contribution in [3.05, 3.63) is 23.1 Å². The molecule has 0 aliphatic rings. The summed E-state index contributed by atoms with van der Waals surface area (Å²) >= 11 is 5.75. The van der Waals surface area contributed by atoms with E-state index in [0.29, 0.717) is 29.5 Å². The van der Waals surface area contributed by atoms with Gasteiger partial charge in [0.2, 0.25) is 0 Å². The highest BCUT2D eigenvalue weighted by molar-refractivity contribution is 6.29. The molecule has 2 aromatic rings. The number of aliphatic carboxylic acids is 1. The van der Waals surface area contributed by atoms with Crippen molar-refractivity contribution in [2.24, 2.45) is 0 Å². The van der Waals surface area contributed by atoms with Gasteiger partial charge in [0.25, 0.3) is 0 Å². The molecule has 0 fully saturated rings. The Bertz CT molecular complexity index is 525. The lowest BCUT2D eigenvalue weighted by atomic mass is 10.2. The summed E-state index contributed by atoms with van der Waals surface area (Å²) in [5, 5.41) is 20.8. The maximum absolute atomic E-state index is 10.4. The van der Waals surface area contributed by atoms with Crippen molar-refractivity contribution in [2.45, 2.75) is 19.3 Å². The summed E-state index contributed by atoms with van der Waals surface area (Å²) < 4.78 is 1.53. The second kappa shape index (κ2) is 4.44. The van der Waals surface area contributed by atoms with Crippen LogP contribution in [0.5, 0.6) is 0 Å². The van der Waals surface area contributed by atoms with E-state index in [4.69, 9.17) is 16.7 Å². The Morgan fingerprint density at radius 2 is 2.25 bits per heavy atom. The zero-order chi connectivity index (χ0) is 11.5. The van der Waals surface area contributed by atoms with Gasteiger partial charge in [-0.3, -0.25) is 4.79 Å². The third-order valence-corrected chi connectivity index (χ3v) is 2.29. The first-order chi connectivity index (χ1) is 7.66. The van der Waals surface area contributed by atoms with Gasteiger partial charge in [-0.25, -0.2) is 0 Å². The van der Waals surface area contributed by atoms with Gasteiger partial charge in [-0.15, -0.1) is 10.2 Å². The average Bonchev–Trinajstić information content (AvgIpc) is 2.60. The number of aromatic nitrogens is 4. The molecule has 84 valence electrons. The zero-order valence-electron chi connectivity index (χ0n) is 8.30. The molecule has 0 aliphatic heterocycles. The van der Waals surface area contributed by atoms with Crippen molar-refractivity contribution >= 4 is 23.2 Å². The topological polar surface area (TPSA) is 80.4 Å². The summed E-state index contributed by atoms with van der Waals surface area (Å²) in [7, 11) is 0. The standard InChI is InChI=1S/C9H9ClN4O2/c10-6-4-5-8-12-11-7(14(8)13-6)2-1-3-9(15)16/h4-5H,1-3H2,(H,15,16). The maximum Gasteiger partial charge on any atom is 0.303 e. The molecule has 0 spiro atoms. The van der Waals surface area contributed by atoms with E-state index in [1.54, 1.807) is 12.1 Å². The number of hydrogen-bond donors (Lipinski definition) is 1. The molecule has 0 saturated heterocycles. The SMILES string of the molecule is O=C(O)CCCc1nnc2ccc(Cl)nn12. The average molecular weight is 241 g/mol. The number of carbonyl (C=O) groups is 1. The van der Waals surface area contributed by atoms with E-state index in [0.717, 1.165) is 0 Å². The number of carboxylic acids is 1. The fourth-order valence-electron chi connectivity index (χ4n) is 1.36. The molecular formula is C9H9ClN4O2. The fourth-order valence-corrected chi connectivity index (χ4v) is 1.50. The lowest BCUT2D eigenvalue weighted by Gasteiger charge is -1.97. The van der Waals surface area contributed by atoms with Gasteiger partial charge in [0, 0.05) is 12.8 Å². The number of hydrogen-bond acceptors (Lipinski definition) is 4. The number of rotatable bonds is 4. The van der Waals surface area contributed by atoms with Crippen molar-refractivity contribution in [1.29, 1.82) is 0 Å². The molecule has 2 aromatic heterocycles. The summed E-state index contributed by atoms with van der Waals surface area (Å²) in [4.78, 5) is 10.4. The van der Waals surface area contributed by atoms with Gasteiger partial charge in [-0.2, -0.15) is 9.61 Å². The van der Waals surface area contributed by atoms with Crippen LogP contribution in [-0.2, 0) is 11.2 Å². The maximum atomic E-state index is 10.4. The molecule has 0 radical (unpaired) electrons. The van der Waals surface area contributed by atoms with Gasteiger partial charge < -0.3 is 5.11 Å². The molecule has 0 aromatic carbocycles. The number of nitrogens with zero attached hydrogens (tertiary/aromatic N) is 4. The minimum absolute atomic E-state index is 0.107. The molecular weight excluding hydrogens is 232 g/mol. The Balaban J connectivity index is 2.17. The Morgan fingerprint density at radius 3 is 3.00 bits per heavy atom. The predicted molar refractivity (Wildman–Crippen MR) is 56.4 cm³/mol. The Kier molecular flexibility index (Phi) is 3.00. The normalized spacial score (nSPS) is 10.8. The van der Waals surface area contributed by atoms with E-state index in [2.05, 4.69) is 15.3 Å². The van der Waals surface area contributed by atoms with Crippen LogP contribution in [0.4, 0.5) is 0 Å². The molecule has 6 nitrogen and oxygen atoms in total. The van der Waals surface area contributed by atoms with Crippen LogP contribution in [0.15, 0.2) is 12.1 Å². The second-order valence-corrected chi connectivity index (χ2v) is 3.68. The van der Waals surface area contributed by atoms with Crippen LogP contribution in [0.2, 0.25) is 5.15 Å². The van der Waals surface area contributed by atoms with E-state index in [9.17, 15) is 4.79 Å². The molecule has 2 rings (SSSR count). The van der Waals surface area contributed by atoms with E-state index >= 15 is 0 Å². The summed E-state index contributed by atoms with van der Waals surface area (Å²) in [6.07, 6.45) is 1.13. The molecule has 0 unspecified atom stereocenters. The van der Waals surface area contributed by atoms with E-state index < -0.39 is 5.97 Å². The molecule has 0 bridgehead atoms. The fraction of sp³-hybridized carbons (Fsp3) is 0.333. The van der Waals surface area contributed by atoms with Crippen molar-refractivity contribution in [2.75, 3.05) is 0 Å². The summed E-state index contributed by atoms with van der Waals surface area (Å²) in [6, 6.07) is 3.34. The van der Waals surface area contributed by atoms with Gasteiger partial charge in [0.1, 0.15) is 5.15 Å². The quantitative estimate of drug-likeness (QED) is 0.868. The van der Waals surface area contributed by atoms with E-state index in [1.165, 1.54) is 4.52 Å².